The second-order valence-corrected chi connectivity index (χ2v) is 6.23. The Kier molecular flexibility index (Phi) is 6.44. The van der Waals surface area contributed by atoms with Crippen LogP contribution in [0.5, 0.6) is 5.75 Å². The SMILES string of the molecule is Cc1ccc(OCCCNC(=O)CCNC(=O)C2CC2C)cc1. The molecule has 0 radical (unpaired) electrons. The zero-order valence-electron chi connectivity index (χ0n) is 13.9. The summed E-state index contributed by atoms with van der Waals surface area (Å²) in [7, 11) is 0. The van der Waals surface area contributed by atoms with Gasteiger partial charge in [-0.05, 0) is 37.8 Å². The zero-order valence-corrected chi connectivity index (χ0v) is 13.9. The molecule has 1 aliphatic carbocycles. The van der Waals surface area contributed by atoms with Crippen LogP contribution in [-0.2, 0) is 9.59 Å². The van der Waals surface area contributed by atoms with Crippen molar-refractivity contribution in [3.8, 4) is 5.75 Å². The molecular weight excluding hydrogens is 292 g/mol. The van der Waals surface area contributed by atoms with Gasteiger partial charge < -0.3 is 15.4 Å². The van der Waals surface area contributed by atoms with E-state index in [0.29, 0.717) is 32.0 Å². The first-order valence-electron chi connectivity index (χ1n) is 8.30. The number of ether oxygens (including phenoxy) is 1. The van der Waals surface area contributed by atoms with Crippen LogP contribution >= 0.6 is 0 Å². The minimum atomic E-state index is -0.0375. The zero-order chi connectivity index (χ0) is 16.7. The quantitative estimate of drug-likeness (QED) is 0.685. The molecule has 126 valence electrons. The Balaban J connectivity index is 1.46. The Morgan fingerprint density at radius 1 is 1.17 bits per heavy atom. The van der Waals surface area contributed by atoms with Gasteiger partial charge in [0.25, 0.3) is 0 Å². The Morgan fingerprint density at radius 2 is 1.87 bits per heavy atom. The molecule has 0 bridgehead atoms. The van der Waals surface area contributed by atoms with E-state index < -0.39 is 0 Å². The van der Waals surface area contributed by atoms with Crippen molar-refractivity contribution in [1.29, 1.82) is 0 Å². The average molecular weight is 318 g/mol. The van der Waals surface area contributed by atoms with Crippen LogP contribution in [0.3, 0.4) is 0 Å². The predicted octanol–water partition coefficient (Wildman–Crippen LogP) is 2.04. The lowest BCUT2D eigenvalue weighted by Gasteiger charge is -2.08. The highest BCUT2D eigenvalue weighted by Gasteiger charge is 2.38. The van der Waals surface area contributed by atoms with Crippen molar-refractivity contribution < 1.29 is 14.3 Å². The van der Waals surface area contributed by atoms with Crippen LogP contribution in [0.4, 0.5) is 0 Å². The average Bonchev–Trinajstić information content (AvgIpc) is 3.26. The number of hydrogen-bond acceptors (Lipinski definition) is 3. The van der Waals surface area contributed by atoms with Crippen LogP contribution in [0.2, 0.25) is 0 Å². The van der Waals surface area contributed by atoms with Crippen molar-refractivity contribution in [2.75, 3.05) is 19.7 Å². The van der Waals surface area contributed by atoms with Gasteiger partial charge in [0, 0.05) is 25.4 Å². The van der Waals surface area contributed by atoms with Crippen LogP contribution in [-0.4, -0.2) is 31.5 Å². The second-order valence-electron chi connectivity index (χ2n) is 6.23. The van der Waals surface area contributed by atoms with Crippen molar-refractivity contribution in [3.05, 3.63) is 29.8 Å². The number of carbonyl (C=O) groups is 2. The summed E-state index contributed by atoms with van der Waals surface area (Å²) in [5, 5.41) is 5.64. The number of nitrogens with one attached hydrogen (secondary N) is 2. The topological polar surface area (TPSA) is 67.4 Å². The monoisotopic (exact) mass is 318 g/mol. The molecule has 0 aromatic heterocycles. The van der Waals surface area contributed by atoms with Gasteiger partial charge in [-0.3, -0.25) is 9.59 Å². The fourth-order valence-electron chi connectivity index (χ4n) is 2.33. The molecule has 0 aliphatic heterocycles. The number of aryl methyl sites for hydroxylation is 1. The van der Waals surface area contributed by atoms with Crippen molar-refractivity contribution in [1.82, 2.24) is 10.6 Å². The minimum Gasteiger partial charge on any atom is -0.494 e. The fraction of sp³-hybridized carbons (Fsp3) is 0.556. The molecule has 5 nitrogen and oxygen atoms in total. The van der Waals surface area contributed by atoms with Gasteiger partial charge in [0.2, 0.25) is 11.8 Å². The summed E-state index contributed by atoms with van der Waals surface area (Å²) in [5.41, 5.74) is 1.20. The molecule has 2 atom stereocenters. The van der Waals surface area contributed by atoms with E-state index in [-0.39, 0.29) is 17.7 Å². The standard InChI is InChI=1S/C18H26N2O3/c1-13-4-6-15(7-5-13)23-11-3-9-19-17(21)8-10-20-18(22)16-12-14(16)2/h4-7,14,16H,3,8-12H2,1-2H3,(H,19,21)(H,20,22). The molecule has 0 heterocycles. The maximum atomic E-state index is 11.6. The Bertz CT molecular complexity index is 528. The van der Waals surface area contributed by atoms with Gasteiger partial charge in [0.05, 0.1) is 6.61 Å². The maximum Gasteiger partial charge on any atom is 0.223 e. The highest BCUT2D eigenvalue weighted by atomic mass is 16.5. The summed E-state index contributed by atoms with van der Waals surface area (Å²) in [6, 6.07) is 7.90. The molecule has 1 aliphatic rings. The van der Waals surface area contributed by atoms with Crippen molar-refractivity contribution in [3.63, 3.8) is 0 Å². The van der Waals surface area contributed by atoms with Crippen LogP contribution in [0, 0.1) is 18.8 Å². The van der Waals surface area contributed by atoms with Crippen LogP contribution in [0.15, 0.2) is 24.3 Å². The first kappa shape index (κ1) is 17.3. The molecule has 1 fully saturated rings. The predicted molar refractivity (Wildman–Crippen MR) is 89.2 cm³/mol. The Morgan fingerprint density at radius 3 is 2.52 bits per heavy atom. The van der Waals surface area contributed by atoms with E-state index in [1.165, 1.54) is 5.56 Å². The maximum absolute atomic E-state index is 11.6. The van der Waals surface area contributed by atoms with Crippen LogP contribution in [0.1, 0.15) is 31.7 Å². The molecule has 2 N–H and O–H groups in total. The fourth-order valence-corrected chi connectivity index (χ4v) is 2.33. The summed E-state index contributed by atoms with van der Waals surface area (Å²) in [4.78, 5) is 23.2. The molecule has 2 unspecified atom stereocenters. The molecule has 0 saturated heterocycles. The molecule has 5 heteroatoms. The third-order valence-electron chi connectivity index (χ3n) is 4.03. The van der Waals surface area contributed by atoms with Crippen molar-refractivity contribution in [2.45, 2.75) is 33.1 Å². The molecule has 23 heavy (non-hydrogen) atoms. The number of benzene rings is 1. The first-order chi connectivity index (χ1) is 11.1. The van der Waals surface area contributed by atoms with E-state index in [1.54, 1.807) is 0 Å². The van der Waals surface area contributed by atoms with E-state index in [0.717, 1.165) is 18.6 Å². The summed E-state index contributed by atoms with van der Waals surface area (Å²) >= 11 is 0. The normalized spacial score (nSPS) is 19.0. The molecule has 2 rings (SSSR count). The third kappa shape index (κ3) is 6.30. The summed E-state index contributed by atoms with van der Waals surface area (Å²) in [6.07, 6.45) is 2.05. The van der Waals surface area contributed by atoms with Crippen LogP contribution in [0.25, 0.3) is 0 Å². The van der Waals surface area contributed by atoms with Crippen molar-refractivity contribution >= 4 is 11.8 Å². The number of rotatable bonds is 9. The van der Waals surface area contributed by atoms with E-state index in [1.807, 2.05) is 31.2 Å². The van der Waals surface area contributed by atoms with Gasteiger partial charge in [0.1, 0.15) is 5.75 Å². The van der Waals surface area contributed by atoms with Crippen molar-refractivity contribution in [2.24, 2.45) is 11.8 Å². The van der Waals surface area contributed by atoms with Gasteiger partial charge in [-0.1, -0.05) is 24.6 Å². The van der Waals surface area contributed by atoms with Gasteiger partial charge in [-0.15, -0.1) is 0 Å². The number of carbonyl (C=O) groups excluding carboxylic acids is 2. The summed E-state index contributed by atoms with van der Waals surface area (Å²) in [5.74, 6) is 1.55. The van der Waals surface area contributed by atoms with E-state index in [9.17, 15) is 9.59 Å². The summed E-state index contributed by atoms with van der Waals surface area (Å²) < 4.78 is 5.59. The smallest absolute Gasteiger partial charge is 0.223 e. The minimum absolute atomic E-state index is 0.0375. The van der Waals surface area contributed by atoms with Gasteiger partial charge in [0.15, 0.2) is 0 Å². The highest BCUT2D eigenvalue weighted by Crippen LogP contribution is 2.37. The summed E-state index contributed by atoms with van der Waals surface area (Å²) in [6.45, 7) is 5.66. The van der Waals surface area contributed by atoms with E-state index >= 15 is 0 Å². The largest absolute Gasteiger partial charge is 0.494 e. The first-order valence-corrected chi connectivity index (χ1v) is 8.30. The lowest BCUT2D eigenvalue weighted by atomic mass is 10.2. The number of amides is 2. The highest BCUT2D eigenvalue weighted by molar-refractivity contribution is 5.82. The van der Waals surface area contributed by atoms with E-state index in [4.69, 9.17) is 4.74 Å². The lowest BCUT2D eigenvalue weighted by Crippen LogP contribution is -2.32. The molecular formula is C18H26N2O3. The van der Waals surface area contributed by atoms with Crippen LogP contribution < -0.4 is 15.4 Å². The second kappa shape index (κ2) is 8.56. The van der Waals surface area contributed by atoms with E-state index in [2.05, 4.69) is 17.6 Å². The molecule has 1 aromatic carbocycles. The lowest BCUT2D eigenvalue weighted by molar-refractivity contribution is -0.123. The third-order valence-corrected chi connectivity index (χ3v) is 4.03. The van der Waals surface area contributed by atoms with Gasteiger partial charge in [-0.25, -0.2) is 0 Å². The Hall–Kier alpha value is -2.04. The van der Waals surface area contributed by atoms with Gasteiger partial charge >= 0.3 is 0 Å². The molecule has 1 saturated carbocycles. The molecule has 1 aromatic rings. The number of hydrogen-bond donors (Lipinski definition) is 2. The van der Waals surface area contributed by atoms with Gasteiger partial charge in [-0.2, -0.15) is 0 Å². The molecule has 2 amide bonds. The molecule has 0 spiro atoms. The Labute approximate surface area is 137 Å².